The third kappa shape index (κ3) is 1.92. The first-order valence-corrected chi connectivity index (χ1v) is 12.1. The number of cyclic esters (lactones) is 2. The molecule has 0 amide bonds. The summed E-state index contributed by atoms with van der Waals surface area (Å²) >= 11 is 0. The van der Waals surface area contributed by atoms with Crippen LogP contribution in [0.1, 0.15) is 26.3 Å². The van der Waals surface area contributed by atoms with Crippen LogP contribution in [0.2, 0.25) is 0 Å². The second kappa shape index (κ2) is 5.89. The van der Waals surface area contributed by atoms with Gasteiger partial charge in [0.1, 0.15) is 0 Å². The largest absolute Gasteiger partial charge is 0.386 e. The molecule has 1 heterocycles. The smallest absolute Gasteiger partial charge is 0.346 e. The van der Waals surface area contributed by atoms with Crippen LogP contribution < -0.4 is 0 Å². The summed E-state index contributed by atoms with van der Waals surface area (Å²) in [5, 5.41) is 16.2. The molecule has 0 bridgehead atoms. The number of fused-ring (bicyclic) bond motifs is 4. The van der Waals surface area contributed by atoms with Crippen LogP contribution in [0.4, 0.5) is 0 Å². The summed E-state index contributed by atoms with van der Waals surface area (Å²) in [6.45, 7) is 2.17. The third-order valence-electron chi connectivity index (χ3n) is 8.37. The zero-order valence-corrected chi connectivity index (χ0v) is 19.2. The lowest BCUT2D eigenvalue weighted by molar-refractivity contribution is 0.0391. The molecule has 9 rings (SSSR count). The van der Waals surface area contributed by atoms with Gasteiger partial charge in [0.2, 0.25) is 0 Å². The quantitative estimate of drug-likeness (QED) is 0.0990. The summed E-state index contributed by atoms with van der Waals surface area (Å²) in [6, 6.07) is 27.6. The van der Waals surface area contributed by atoms with Crippen LogP contribution in [0.15, 0.2) is 78.9 Å². The van der Waals surface area contributed by atoms with Crippen LogP contribution in [-0.2, 0) is 4.74 Å². The van der Waals surface area contributed by atoms with E-state index in [1.54, 1.807) is 12.1 Å². The average Bonchev–Trinajstić information content (AvgIpc) is 2.90. The van der Waals surface area contributed by atoms with E-state index in [1.807, 2.05) is 12.1 Å². The lowest BCUT2D eigenvalue weighted by atomic mass is 9.82. The molecule has 0 saturated carbocycles. The Morgan fingerprint density at radius 3 is 1.36 bits per heavy atom. The van der Waals surface area contributed by atoms with Gasteiger partial charge in [-0.25, -0.2) is 9.59 Å². The highest BCUT2D eigenvalue weighted by atomic mass is 16.6. The summed E-state index contributed by atoms with van der Waals surface area (Å²) in [5.74, 6) is -1.15. The first-order chi connectivity index (χ1) is 17.6. The highest BCUT2D eigenvalue weighted by Crippen LogP contribution is 2.48. The molecule has 0 N–H and O–H groups in total. The summed E-state index contributed by atoms with van der Waals surface area (Å²) < 4.78 is 5.01. The van der Waals surface area contributed by atoms with Crippen molar-refractivity contribution in [1.82, 2.24) is 0 Å². The monoisotopic (exact) mass is 460 g/mol. The maximum Gasteiger partial charge on any atom is 0.346 e. The molecule has 0 saturated heterocycles. The molecule has 3 heteroatoms. The number of carbonyl (C=O) groups is 2. The van der Waals surface area contributed by atoms with E-state index in [1.165, 1.54) is 48.7 Å². The van der Waals surface area contributed by atoms with E-state index in [0.717, 1.165) is 26.9 Å². The first kappa shape index (κ1) is 18.6. The average molecular weight is 460 g/mol. The normalized spacial score (nSPS) is 14.0. The lowest BCUT2D eigenvalue weighted by Crippen LogP contribution is -2.19. The highest BCUT2D eigenvalue weighted by molar-refractivity contribution is 6.43. The molecule has 36 heavy (non-hydrogen) atoms. The van der Waals surface area contributed by atoms with Gasteiger partial charge in [0.15, 0.2) is 0 Å². The molecule has 0 fully saturated rings. The Morgan fingerprint density at radius 2 is 0.806 bits per heavy atom. The topological polar surface area (TPSA) is 43.4 Å². The zero-order valence-electron chi connectivity index (χ0n) is 19.2. The van der Waals surface area contributed by atoms with Gasteiger partial charge < -0.3 is 4.74 Å². The molecule has 0 atom stereocenters. The third-order valence-corrected chi connectivity index (χ3v) is 8.37. The number of rotatable bonds is 0. The van der Waals surface area contributed by atoms with Crippen molar-refractivity contribution >= 4 is 87.3 Å². The highest BCUT2D eigenvalue weighted by Gasteiger charge is 2.29. The molecule has 3 nitrogen and oxygen atoms in total. The predicted octanol–water partition coefficient (Wildman–Crippen LogP) is 8.25. The first-order valence-electron chi connectivity index (χ1n) is 12.1. The van der Waals surface area contributed by atoms with Crippen LogP contribution >= 0.6 is 0 Å². The predicted molar refractivity (Wildman–Crippen MR) is 146 cm³/mol. The minimum atomic E-state index is -0.577. The van der Waals surface area contributed by atoms with Gasteiger partial charge in [0.05, 0.1) is 11.1 Å². The van der Waals surface area contributed by atoms with Crippen molar-refractivity contribution in [2.75, 3.05) is 0 Å². The number of carbonyl (C=O) groups excluding carboxylic acids is 2. The number of aryl methyl sites for hydroxylation is 1. The number of hydrogen-bond acceptors (Lipinski definition) is 3. The maximum absolute atomic E-state index is 12.6. The Kier molecular flexibility index (Phi) is 3.04. The summed E-state index contributed by atoms with van der Waals surface area (Å²) in [4.78, 5) is 25.1. The van der Waals surface area contributed by atoms with Crippen LogP contribution in [0.25, 0.3) is 75.4 Å². The lowest BCUT2D eigenvalue weighted by Gasteiger charge is -2.22. The Labute approximate surface area is 204 Å². The second-order valence-electron chi connectivity index (χ2n) is 9.98. The molecule has 0 aliphatic carbocycles. The van der Waals surface area contributed by atoms with Crippen molar-refractivity contribution in [2.24, 2.45) is 0 Å². The molecular formula is C33H16O3. The van der Waals surface area contributed by atoms with Crippen molar-refractivity contribution < 1.29 is 14.3 Å². The number of ether oxygens (including phenoxy) is 1. The summed E-state index contributed by atoms with van der Waals surface area (Å²) in [6.07, 6.45) is 0. The SMILES string of the molecule is Cc1ccc2c3ccc4c5ccc6c7c(ccc(c8ccc(c9cccc1c92)c3c84)c75)C(=O)OC6=O. The van der Waals surface area contributed by atoms with Crippen LogP contribution in [0.3, 0.4) is 0 Å². The zero-order chi connectivity index (χ0) is 23.9. The van der Waals surface area contributed by atoms with Crippen molar-refractivity contribution in [3.8, 4) is 0 Å². The van der Waals surface area contributed by atoms with Gasteiger partial charge in [-0.3, -0.25) is 0 Å². The van der Waals surface area contributed by atoms with Crippen LogP contribution in [0, 0.1) is 6.92 Å². The minimum Gasteiger partial charge on any atom is -0.386 e. The second-order valence-corrected chi connectivity index (χ2v) is 9.98. The summed E-state index contributed by atoms with van der Waals surface area (Å²) in [5.41, 5.74) is 2.19. The van der Waals surface area contributed by atoms with Crippen molar-refractivity contribution in [3.63, 3.8) is 0 Å². The van der Waals surface area contributed by atoms with E-state index in [2.05, 4.69) is 61.5 Å². The van der Waals surface area contributed by atoms with E-state index >= 15 is 0 Å². The summed E-state index contributed by atoms with van der Waals surface area (Å²) in [7, 11) is 0. The van der Waals surface area contributed by atoms with Crippen molar-refractivity contribution in [3.05, 3.63) is 95.6 Å². The van der Waals surface area contributed by atoms with Crippen LogP contribution in [0.5, 0.6) is 0 Å². The molecule has 0 unspecified atom stereocenters. The van der Waals surface area contributed by atoms with E-state index in [4.69, 9.17) is 4.74 Å². The standard InChI is InChI=1S/C33H16O3/c1-15-5-6-18-20-8-10-22-24-12-14-26-31-25(32(34)36-33(26)35)13-11-23(30(24)31)21-9-7-19(28(20)29(21)22)17-4-2-3-16(15)27(17)18/h2-14H,1H3. The fourth-order valence-electron chi connectivity index (χ4n) is 6.87. The molecule has 1 aliphatic heterocycles. The molecular weight excluding hydrogens is 444 g/mol. The van der Waals surface area contributed by atoms with E-state index in [0.29, 0.717) is 16.5 Å². The fraction of sp³-hybridized carbons (Fsp3) is 0.0303. The van der Waals surface area contributed by atoms with E-state index in [-0.39, 0.29) is 0 Å². The van der Waals surface area contributed by atoms with Gasteiger partial charge in [-0.2, -0.15) is 0 Å². The molecule has 0 spiro atoms. The van der Waals surface area contributed by atoms with Gasteiger partial charge >= 0.3 is 11.9 Å². The molecule has 166 valence electrons. The van der Waals surface area contributed by atoms with Gasteiger partial charge in [0.25, 0.3) is 0 Å². The molecule has 8 aromatic rings. The number of benzene rings is 8. The Hall–Kier alpha value is -4.76. The fourth-order valence-corrected chi connectivity index (χ4v) is 6.87. The molecule has 8 aromatic carbocycles. The van der Waals surface area contributed by atoms with Gasteiger partial charge in [-0.1, -0.05) is 66.7 Å². The maximum atomic E-state index is 12.6. The minimum absolute atomic E-state index is 0.454. The number of hydrogen-bond donors (Lipinski definition) is 0. The Balaban J connectivity index is 1.61. The van der Waals surface area contributed by atoms with Crippen molar-refractivity contribution in [2.45, 2.75) is 6.92 Å². The van der Waals surface area contributed by atoms with Crippen LogP contribution in [-0.4, -0.2) is 11.9 Å². The molecule has 0 radical (unpaired) electrons. The Bertz CT molecular complexity index is 2210. The van der Waals surface area contributed by atoms with E-state index < -0.39 is 11.9 Å². The Morgan fingerprint density at radius 1 is 0.417 bits per heavy atom. The van der Waals surface area contributed by atoms with Gasteiger partial charge in [-0.05, 0) is 94.6 Å². The van der Waals surface area contributed by atoms with Gasteiger partial charge in [-0.15, -0.1) is 0 Å². The molecule has 0 aromatic heterocycles. The van der Waals surface area contributed by atoms with E-state index in [9.17, 15) is 9.59 Å². The number of esters is 2. The van der Waals surface area contributed by atoms with Crippen molar-refractivity contribution in [1.29, 1.82) is 0 Å². The molecule has 1 aliphatic rings. The van der Waals surface area contributed by atoms with Gasteiger partial charge in [0, 0.05) is 5.39 Å².